The van der Waals surface area contributed by atoms with Gasteiger partial charge in [-0.15, -0.1) is 11.3 Å². The number of nitrogens with zero attached hydrogens (tertiary/aromatic N) is 1. The fraction of sp³-hybridized carbons (Fsp3) is 0.312. The Morgan fingerprint density at radius 1 is 1.19 bits per heavy atom. The van der Waals surface area contributed by atoms with Crippen molar-refractivity contribution in [3.8, 4) is 11.3 Å². The maximum absolute atomic E-state index is 11.8. The van der Waals surface area contributed by atoms with Crippen molar-refractivity contribution in [1.29, 1.82) is 0 Å². The summed E-state index contributed by atoms with van der Waals surface area (Å²) in [5.41, 5.74) is 1.70. The first-order chi connectivity index (χ1) is 10.2. The molecule has 0 aliphatic heterocycles. The summed E-state index contributed by atoms with van der Waals surface area (Å²) < 4.78 is 4.74. The van der Waals surface area contributed by atoms with E-state index in [1.165, 1.54) is 11.3 Å². The Morgan fingerprint density at radius 2 is 1.86 bits per heavy atom. The first-order valence-corrected chi connectivity index (χ1v) is 7.78. The van der Waals surface area contributed by atoms with Crippen LogP contribution in [0.5, 0.6) is 0 Å². The molecule has 0 spiro atoms. The first kappa shape index (κ1) is 17.0. The van der Waals surface area contributed by atoms with Gasteiger partial charge in [0, 0.05) is 10.9 Å². The molecule has 0 radical (unpaired) electrons. The van der Waals surface area contributed by atoms with Gasteiger partial charge in [0.1, 0.15) is 6.42 Å². The van der Waals surface area contributed by atoms with Gasteiger partial charge in [-0.2, -0.15) is 0 Å². The molecule has 21 heavy (non-hydrogen) atoms. The van der Waals surface area contributed by atoms with Gasteiger partial charge in [-0.05, 0) is 6.92 Å². The number of ketones is 1. The van der Waals surface area contributed by atoms with E-state index in [2.05, 4.69) is 4.98 Å². The van der Waals surface area contributed by atoms with Crippen molar-refractivity contribution in [1.82, 2.24) is 4.98 Å². The number of Topliss-reactive ketones (excluding diaryl/α,β-unsaturated/α-hetero) is 1. The number of carbonyl (C=O) groups excluding carboxylic acids is 2. The van der Waals surface area contributed by atoms with E-state index >= 15 is 0 Å². The van der Waals surface area contributed by atoms with Crippen LogP contribution in [-0.2, 0) is 9.53 Å². The molecule has 0 saturated heterocycles. The minimum Gasteiger partial charge on any atom is -0.466 e. The van der Waals surface area contributed by atoms with Crippen LogP contribution in [0.4, 0.5) is 0 Å². The van der Waals surface area contributed by atoms with Crippen molar-refractivity contribution in [2.45, 2.75) is 27.2 Å². The van der Waals surface area contributed by atoms with Gasteiger partial charge < -0.3 is 4.74 Å². The second-order valence-electron chi connectivity index (χ2n) is 3.81. The van der Waals surface area contributed by atoms with Crippen LogP contribution in [0.15, 0.2) is 35.7 Å². The van der Waals surface area contributed by atoms with Gasteiger partial charge in [0.15, 0.2) is 5.01 Å². The lowest BCUT2D eigenvalue weighted by Crippen LogP contribution is -2.11. The summed E-state index contributed by atoms with van der Waals surface area (Å²) in [6, 6.07) is 9.59. The molecule has 0 N–H and O–H groups in total. The lowest BCUT2D eigenvalue weighted by molar-refractivity contribution is -0.141. The molecule has 0 unspecified atom stereocenters. The third kappa shape index (κ3) is 5.11. The molecular formula is C16H19NO3S. The van der Waals surface area contributed by atoms with Crippen molar-refractivity contribution < 1.29 is 14.3 Å². The SMILES string of the molecule is CC.CCOC(=O)CC(=O)c1nc(-c2ccccc2)cs1. The lowest BCUT2D eigenvalue weighted by Gasteiger charge is -1.98. The second kappa shape index (κ2) is 9.02. The van der Waals surface area contributed by atoms with Crippen LogP contribution < -0.4 is 0 Å². The summed E-state index contributed by atoms with van der Waals surface area (Å²) in [6.07, 6.45) is -0.254. The summed E-state index contributed by atoms with van der Waals surface area (Å²) in [4.78, 5) is 27.3. The van der Waals surface area contributed by atoms with Gasteiger partial charge in [0.2, 0.25) is 5.78 Å². The molecule has 4 nitrogen and oxygen atoms in total. The standard InChI is InChI=1S/C14H13NO3S.C2H6/c1-2-18-13(17)8-12(16)14-15-11(9-19-14)10-6-4-3-5-7-10;1-2/h3-7,9H,2,8H2,1H3;1-2H3. The summed E-state index contributed by atoms with van der Waals surface area (Å²) in [5, 5.41) is 2.15. The molecule has 5 heteroatoms. The lowest BCUT2D eigenvalue weighted by atomic mass is 10.2. The average molecular weight is 305 g/mol. The molecule has 0 amide bonds. The van der Waals surface area contributed by atoms with E-state index in [0.717, 1.165) is 11.3 Å². The van der Waals surface area contributed by atoms with Crippen molar-refractivity contribution in [3.63, 3.8) is 0 Å². The quantitative estimate of drug-likeness (QED) is 0.476. The van der Waals surface area contributed by atoms with Gasteiger partial charge in [-0.25, -0.2) is 4.98 Å². The Bertz CT molecular complexity index is 578. The van der Waals surface area contributed by atoms with E-state index in [0.29, 0.717) is 5.01 Å². The first-order valence-electron chi connectivity index (χ1n) is 6.90. The van der Waals surface area contributed by atoms with E-state index in [9.17, 15) is 9.59 Å². The zero-order valence-corrected chi connectivity index (χ0v) is 13.3. The van der Waals surface area contributed by atoms with Crippen molar-refractivity contribution in [2.75, 3.05) is 6.61 Å². The molecule has 0 aliphatic rings. The highest BCUT2D eigenvalue weighted by molar-refractivity contribution is 7.12. The number of hydrogen-bond donors (Lipinski definition) is 0. The van der Waals surface area contributed by atoms with Gasteiger partial charge in [0.05, 0.1) is 12.3 Å². The van der Waals surface area contributed by atoms with Crippen LogP contribution >= 0.6 is 11.3 Å². The minimum absolute atomic E-state index is 0.254. The number of ether oxygens (including phenoxy) is 1. The van der Waals surface area contributed by atoms with Crippen molar-refractivity contribution in [2.24, 2.45) is 0 Å². The molecule has 1 heterocycles. The van der Waals surface area contributed by atoms with E-state index in [-0.39, 0.29) is 18.8 Å². The monoisotopic (exact) mass is 305 g/mol. The van der Waals surface area contributed by atoms with Crippen LogP contribution in [0.3, 0.4) is 0 Å². The molecule has 0 atom stereocenters. The van der Waals surface area contributed by atoms with Crippen LogP contribution in [0, 0.1) is 0 Å². The van der Waals surface area contributed by atoms with Crippen LogP contribution in [-0.4, -0.2) is 23.3 Å². The fourth-order valence-corrected chi connectivity index (χ4v) is 2.33. The predicted octanol–water partition coefficient (Wildman–Crippen LogP) is 3.97. The number of esters is 1. The maximum atomic E-state index is 11.8. The Kier molecular flexibility index (Phi) is 7.32. The minimum atomic E-state index is -0.510. The Labute approximate surface area is 128 Å². The largest absolute Gasteiger partial charge is 0.466 e. The summed E-state index contributed by atoms with van der Waals surface area (Å²) in [6.45, 7) is 5.98. The van der Waals surface area contributed by atoms with E-state index < -0.39 is 5.97 Å². The van der Waals surface area contributed by atoms with Crippen molar-refractivity contribution >= 4 is 23.1 Å². The fourth-order valence-electron chi connectivity index (χ4n) is 1.56. The number of thiazole rings is 1. The number of hydrogen-bond acceptors (Lipinski definition) is 5. The number of benzene rings is 1. The van der Waals surface area contributed by atoms with Crippen LogP contribution in [0.2, 0.25) is 0 Å². The Morgan fingerprint density at radius 3 is 2.48 bits per heavy atom. The van der Waals surface area contributed by atoms with Crippen LogP contribution in [0.1, 0.15) is 37.0 Å². The molecular weight excluding hydrogens is 286 g/mol. The summed E-state index contributed by atoms with van der Waals surface area (Å²) >= 11 is 1.24. The molecule has 112 valence electrons. The number of rotatable bonds is 5. The summed E-state index contributed by atoms with van der Waals surface area (Å²) in [7, 11) is 0. The predicted molar refractivity (Wildman–Crippen MR) is 84.5 cm³/mol. The van der Waals surface area contributed by atoms with Gasteiger partial charge in [-0.1, -0.05) is 44.2 Å². The molecule has 1 aromatic heterocycles. The molecule has 0 bridgehead atoms. The zero-order chi connectivity index (χ0) is 15.7. The topological polar surface area (TPSA) is 56.3 Å². The zero-order valence-electron chi connectivity index (χ0n) is 12.5. The van der Waals surface area contributed by atoms with E-state index in [1.54, 1.807) is 6.92 Å². The molecule has 1 aromatic carbocycles. The molecule has 0 saturated carbocycles. The van der Waals surface area contributed by atoms with Gasteiger partial charge in [-0.3, -0.25) is 9.59 Å². The normalized spacial score (nSPS) is 9.48. The molecule has 0 fully saturated rings. The van der Waals surface area contributed by atoms with E-state index in [1.807, 2.05) is 49.6 Å². The smallest absolute Gasteiger partial charge is 0.313 e. The highest BCUT2D eigenvalue weighted by Crippen LogP contribution is 2.22. The van der Waals surface area contributed by atoms with Gasteiger partial charge >= 0.3 is 5.97 Å². The van der Waals surface area contributed by atoms with E-state index in [4.69, 9.17) is 4.74 Å². The summed E-state index contributed by atoms with van der Waals surface area (Å²) in [5.74, 6) is -0.811. The maximum Gasteiger partial charge on any atom is 0.313 e. The Hall–Kier alpha value is -2.01. The average Bonchev–Trinajstić information content (AvgIpc) is 3.00. The van der Waals surface area contributed by atoms with Crippen molar-refractivity contribution in [3.05, 3.63) is 40.7 Å². The highest BCUT2D eigenvalue weighted by atomic mass is 32.1. The Balaban J connectivity index is 0.00000106. The third-order valence-corrected chi connectivity index (χ3v) is 3.31. The molecule has 0 aliphatic carbocycles. The number of carbonyl (C=O) groups is 2. The second-order valence-corrected chi connectivity index (χ2v) is 4.67. The highest BCUT2D eigenvalue weighted by Gasteiger charge is 2.16. The van der Waals surface area contributed by atoms with Crippen LogP contribution in [0.25, 0.3) is 11.3 Å². The number of aromatic nitrogens is 1. The third-order valence-electron chi connectivity index (χ3n) is 2.42. The van der Waals surface area contributed by atoms with Gasteiger partial charge in [0.25, 0.3) is 0 Å². The molecule has 2 aromatic rings. The molecule has 2 rings (SSSR count).